The summed E-state index contributed by atoms with van der Waals surface area (Å²) in [6.07, 6.45) is -4.36. The van der Waals surface area contributed by atoms with Gasteiger partial charge in [-0.15, -0.1) is 0 Å². The first-order valence-corrected chi connectivity index (χ1v) is 5.77. The van der Waals surface area contributed by atoms with Gasteiger partial charge in [0.15, 0.2) is 0 Å². The Morgan fingerprint density at radius 2 is 1.95 bits per heavy atom. The molecular weight excluding hydrogens is 255 g/mol. The molecule has 0 aliphatic rings. The summed E-state index contributed by atoms with van der Waals surface area (Å²) in [7, 11) is 1.76. The van der Waals surface area contributed by atoms with Gasteiger partial charge in [-0.05, 0) is 25.1 Å². The maximum atomic E-state index is 12.8. The molecule has 0 atom stereocenters. The van der Waals surface area contributed by atoms with Crippen molar-refractivity contribution >= 4 is 5.69 Å². The van der Waals surface area contributed by atoms with E-state index in [2.05, 4.69) is 10.4 Å². The van der Waals surface area contributed by atoms with Gasteiger partial charge in [-0.25, -0.2) is 0 Å². The molecule has 2 rings (SSSR count). The lowest BCUT2D eigenvalue weighted by Crippen LogP contribution is -2.12. The van der Waals surface area contributed by atoms with E-state index in [0.717, 1.165) is 17.5 Å². The van der Waals surface area contributed by atoms with Crippen molar-refractivity contribution in [2.24, 2.45) is 7.05 Å². The molecule has 6 heteroatoms. The van der Waals surface area contributed by atoms with Crippen LogP contribution in [-0.4, -0.2) is 9.78 Å². The number of alkyl halides is 3. The third kappa shape index (κ3) is 3.07. The minimum absolute atomic E-state index is 0.0776. The highest BCUT2D eigenvalue weighted by Gasteiger charge is 2.33. The van der Waals surface area contributed by atoms with Gasteiger partial charge in [0.25, 0.3) is 0 Å². The van der Waals surface area contributed by atoms with Crippen LogP contribution >= 0.6 is 0 Å². The van der Waals surface area contributed by atoms with Crippen LogP contribution < -0.4 is 5.32 Å². The van der Waals surface area contributed by atoms with Crippen LogP contribution in [0.1, 0.15) is 17.0 Å². The largest absolute Gasteiger partial charge is 0.418 e. The minimum atomic E-state index is -4.36. The van der Waals surface area contributed by atoms with Gasteiger partial charge < -0.3 is 5.32 Å². The van der Waals surface area contributed by atoms with Crippen molar-refractivity contribution in [3.05, 3.63) is 47.3 Å². The monoisotopic (exact) mass is 269 g/mol. The fraction of sp³-hybridized carbons (Fsp3) is 0.308. The molecule has 3 nitrogen and oxygen atoms in total. The summed E-state index contributed by atoms with van der Waals surface area (Å²) in [6.45, 7) is 2.14. The van der Waals surface area contributed by atoms with Crippen LogP contribution in [0.25, 0.3) is 0 Å². The van der Waals surface area contributed by atoms with Gasteiger partial charge in [0, 0.05) is 12.7 Å². The molecule has 0 saturated carbocycles. The second-order valence-electron chi connectivity index (χ2n) is 4.30. The van der Waals surface area contributed by atoms with Crippen molar-refractivity contribution < 1.29 is 13.2 Å². The molecule has 2 aromatic rings. The smallest absolute Gasteiger partial charge is 0.379 e. The van der Waals surface area contributed by atoms with E-state index in [0.29, 0.717) is 6.54 Å². The molecule has 0 unspecified atom stereocenters. The maximum Gasteiger partial charge on any atom is 0.418 e. The molecule has 0 aliphatic heterocycles. The Kier molecular flexibility index (Phi) is 3.50. The van der Waals surface area contributed by atoms with Crippen molar-refractivity contribution in [2.45, 2.75) is 19.6 Å². The zero-order chi connectivity index (χ0) is 14.0. The van der Waals surface area contributed by atoms with Crippen molar-refractivity contribution in [1.82, 2.24) is 9.78 Å². The van der Waals surface area contributed by atoms with Gasteiger partial charge in [-0.2, -0.15) is 18.3 Å². The number of anilines is 1. The standard InChI is InChI=1S/C13H14F3N3/c1-9-7-10(19(2)18-9)8-17-12-6-4-3-5-11(12)13(14,15)16/h3-7,17H,8H2,1-2H3. The number of benzene rings is 1. The molecule has 1 heterocycles. The van der Waals surface area contributed by atoms with E-state index in [1.54, 1.807) is 17.8 Å². The van der Waals surface area contributed by atoms with E-state index in [-0.39, 0.29) is 5.69 Å². The Labute approximate surface area is 109 Å². The zero-order valence-electron chi connectivity index (χ0n) is 10.6. The van der Waals surface area contributed by atoms with Gasteiger partial charge >= 0.3 is 6.18 Å². The number of hydrogen-bond donors (Lipinski definition) is 1. The van der Waals surface area contributed by atoms with Gasteiger partial charge in [-0.3, -0.25) is 4.68 Å². The van der Waals surface area contributed by atoms with Gasteiger partial charge in [0.2, 0.25) is 0 Å². The third-order valence-electron chi connectivity index (χ3n) is 2.79. The number of aryl methyl sites for hydroxylation is 2. The van der Waals surface area contributed by atoms with Crippen molar-refractivity contribution in [2.75, 3.05) is 5.32 Å². The Hall–Kier alpha value is -1.98. The third-order valence-corrected chi connectivity index (χ3v) is 2.79. The molecule has 0 bridgehead atoms. The van der Waals surface area contributed by atoms with Crippen LogP contribution in [-0.2, 0) is 19.8 Å². The fourth-order valence-corrected chi connectivity index (χ4v) is 1.90. The molecule has 19 heavy (non-hydrogen) atoms. The lowest BCUT2D eigenvalue weighted by atomic mass is 10.1. The molecular formula is C13H14F3N3. The molecule has 1 aromatic heterocycles. The van der Waals surface area contributed by atoms with Gasteiger partial charge in [0.05, 0.1) is 23.5 Å². The average Bonchev–Trinajstić information content (AvgIpc) is 2.64. The van der Waals surface area contributed by atoms with E-state index in [9.17, 15) is 13.2 Å². The number of nitrogens with zero attached hydrogens (tertiary/aromatic N) is 2. The molecule has 1 N–H and O–H groups in total. The molecule has 0 spiro atoms. The quantitative estimate of drug-likeness (QED) is 0.926. The first-order chi connectivity index (χ1) is 8.88. The summed E-state index contributed by atoms with van der Waals surface area (Å²) in [4.78, 5) is 0. The maximum absolute atomic E-state index is 12.8. The van der Waals surface area contributed by atoms with E-state index >= 15 is 0 Å². The molecule has 0 saturated heterocycles. The predicted octanol–water partition coefficient (Wildman–Crippen LogP) is 3.36. The lowest BCUT2D eigenvalue weighted by molar-refractivity contribution is -0.136. The van der Waals surface area contributed by atoms with Crippen LogP contribution in [0.2, 0.25) is 0 Å². The van der Waals surface area contributed by atoms with E-state index in [4.69, 9.17) is 0 Å². The van der Waals surface area contributed by atoms with E-state index in [1.165, 1.54) is 12.1 Å². The fourth-order valence-electron chi connectivity index (χ4n) is 1.90. The minimum Gasteiger partial charge on any atom is -0.379 e. The van der Waals surface area contributed by atoms with Crippen LogP contribution in [0, 0.1) is 6.92 Å². The highest BCUT2D eigenvalue weighted by molar-refractivity contribution is 5.52. The van der Waals surface area contributed by atoms with Gasteiger partial charge in [0.1, 0.15) is 0 Å². The SMILES string of the molecule is Cc1cc(CNc2ccccc2C(F)(F)F)n(C)n1. The lowest BCUT2D eigenvalue weighted by Gasteiger charge is -2.14. The van der Waals surface area contributed by atoms with E-state index in [1.807, 2.05) is 13.0 Å². The van der Waals surface area contributed by atoms with Crippen molar-refractivity contribution in [3.8, 4) is 0 Å². The highest BCUT2D eigenvalue weighted by atomic mass is 19.4. The first-order valence-electron chi connectivity index (χ1n) is 5.77. The molecule has 1 aromatic carbocycles. The summed E-state index contributed by atoms with van der Waals surface area (Å²) in [5.74, 6) is 0. The Bertz CT molecular complexity index is 573. The number of halogens is 3. The molecule has 0 fully saturated rings. The van der Waals surface area contributed by atoms with Crippen molar-refractivity contribution in [3.63, 3.8) is 0 Å². The summed E-state index contributed by atoms with van der Waals surface area (Å²) >= 11 is 0. The summed E-state index contributed by atoms with van der Waals surface area (Å²) in [6, 6.07) is 7.28. The van der Waals surface area contributed by atoms with E-state index < -0.39 is 11.7 Å². The van der Waals surface area contributed by atoms with Gasteiger partial charge in [-0.1, -0.05) is 12.1 Å². The first kappa shape index (κ1) is 13.5. The topological polar surface area (TPSA) is 29.9 Å². The molecule has 0 amide bonds. The Morgan fingerprint density at radius 1 is 1.26 bits per heavy atom. The second kappa shape index (κ2) is 4.95. The van der Waals surface area contributed by atoms with Crippen LogP contribution in [0.3, 0.4) is 0 Å². The summed E-state index contributed by atoms with van der Waals surface area (Å²) in [5, 5.41) is 6.96. The van der Waals surface area contributed by atoms with Crippen LogP contribution in [0.5, 0.6) is 0 Å². The van der Waals surface area contributed by atoms with Crippen LogP contribution in [0.4, 0.5) is 18.9 Å². The molecule has 102 valence electrons. The number of para-hydroxylation sites is 1. The number of rotatable bonds is 3. The summed E-state index contributed by atoms with van der Waals surface area (Å²) < 4.78 is 40.1. The Morgan fingerprint density at radius 3 is 2.53 bits per heavy atom. The zero-order valence-corrected chi connectivity index (χ0v) is 10.6. The predicted molar refractivity (Wildman–Crippen MR) is 66.7 cm³/mol. The Balaban J connectivity index is 2.18. The summed E-state index contributed by atoms with van der Waals surface area (Å²) in [5.41, 5.74) is 1.08. The number of nitrogens with one attached hydrogen (secondary N) is 1. The highest BCUT2D eigenvalue weighted by Crippen LogP contribution is 2.34. The average molecular weight is 269 g/mol. The second-order valence-corrected chi connectivity index (χ2v) is 4.30. The van der Waals surface area contributed by atoms with Crippen LogP contribution in [0.15, 0.2) is 30.3 Å². The molecule has 0 radical (unpaired) electrons. The number of hydrogen-bond acceptors (Lipinski definition) is 2. The normalized spacial score (nSPS) is 11.6. The van der Waals surface area contributed by atoms with Crippen molar-refractivity contribution in [1.29, 1.82) is 0 Å². The molecule has 0 aliphatic carbocycles. The number of aromatic nitrogens is 2.